The first-order valence-corrected chi connectivity index (χ1v) is 7.14. The number of hydrogen-bond donors (Lipinski definition) is 0. The Bertz CT molecular complexity index is 410. The summed E-state index contributed by atoms with van der Waals surface area (Å²) < 4.78 is 33.8. The molecule has 0 aliphatic carbocycles. The van der Waals surface area contributed by atoms with Crippen molar-refractivity contribution in [3.63, 3.8) is 0 Å². The maximum absolute atomic E-state index is 11.8. The van der Waals surface area contributed by atoms with Crippen molar-refractivity contribution < 1.29 is 27.5 Å². The average Bonchev–Trinajstić information content (AvgIpc) is 2.37. The maximum atomic E-state index is 11.8. The molecule has 0 radical (unpaired) electrons. The van der Waals surface area contributed by atoms with E-state index in [0.29, 0.717) is 12.8 Å². The second kappa shape index (κ2) is 6.14. The second-order valence-electron chi connectivity index (χ2n) is 4.03. The van der Waals surface area contributed by atoms with Gasteiger partial charge in [0.15, 0.2) is 5.75 Å². The molecule has 104 valence electrons. The molecule has 0 aromatic rings. The van der Waals surface area contributed by atoms with Gasteiger partial charge in [0.05, 0.1) is 20.1 Å². The van der Waals surface area contributed by atoms with Gasteiger partial charge in [0, 0.05) is 13.1 Å². The van der Waals surface area contributed by atoms with E-state index in [1.54, 1.807) is 0 Å². The third-order valence-electron chi connectivity index (χ3n) is 2.91. The van der Waals surface area contributed by atoms with Gasteiger partial charge >= 0.3 is 11.9 Å². The summed E-state index contributed by atoms with van der Waals surface area (Å²) in [5.41, 5.74) is 0. The van der Waals surface area contributed by atoms with Gasteiger partial charge in [0.1, 0.15) is 0 Å². The lowest BCUT2D eigenvalue weighted by atomic mass is 9.99. The van der Waals surface area contributed by atoms with Crippen LogP contribution in [0.15, 0.2) is 0 Å². The van der Waals surface area contributed by atoms with Crippen LogP contribution in [0, 0.1) is 5.92 Å². The van der Waals surface area contributed by atoms with Crippen molar-refractivity contribution in [1.82, 2.24) is 4.31 Å². The Morgan fingerprint density at radius 3 is 2.17 bits per heavy atom. The summed E-state index contributed by atoms with van der Waals surface area (Å²) in [5, 5.41) is 0. The SMILES string of the molecule is COC(=O)CS(=O)(=O)N1CCC(C(=O)OC)CC1. The van der Waals surface area contributed by atoms with Crippen molar-refractivity contribution in [3.05, 3.63) is 0 Å². The average molecular weight is 279 g/mol. The molecule has 1 fully saturated rings. The van der Waals surface area contributed by atoms with E-state index >= 15 is 0 Å². The molecule has 0 amide bonds. The first-order valence-electron chi connectivity index (χ1n) is 5.53. The zero-order chi connectivity index (χ0) is 13.8. The number of sulfonamides is 1. The monoisotopic (exact) mass is 279 g/mol. The number of ether oxygens (including phenoxy) is 2. The van der Waals surface area contributed by atoms with Gasteiger partial charge in [-0.15, -0.1) is 0 Å². The van der Waals surface area contributed by atoms with Crippen LogP contribution in [-0.2, 0) is 29.1 Å². The smallest absolute Gasteiger partial charge is 0.322 e. The molecule has 1 rings (SSSR count). The van der Waals surface area contributed by atoms with Crippen molar-refractivity contribution in [2.24, 2.45) is 5.92 Å². The Morgan fingerprint density at radius 2 is 1.72 bits per heavy atom. The van der Waals surface area contributed by atoms with E-state index in [1.807, 2.05) is 0 Å². The first kappa shape index (κ1) is 14.9. The molecule has 1 aliphatic heterocycles. The molecule has 0 atom stereocenters. The number of carbonyl (C=O) groups excluding carboxylic acids is 2. The highest BCUT2D eigenvalue weighted by Crippen LogP contribution is 2.20. The standard InChI is InChI=1S/C10H17NO6S/c1-16-9(12)7-18(14,15)11-5-3-8(4-6-11)10(13)17-2/h8H,3-7H2,1-2H3. The van der Waals surface area contributed by atoms with Crippen molar-refractivity contribution in [2.75, 3.05) is 33.1 Å². The minimum atomic E-state index is -3.64. The van der Waals surface area contributed by atoms with Gasteiger partial charge in [-0.25, -0.2) is 12.7 Å². The molecule has 0 N–H and O–H groups in total. The van der Waals surface area contributed by atoms with E-state index in [2.05, 4.69) is 9.47 Å². The Kier molecular flexibility index (Phi) is 5.09. The van der Waals surface area contributed by atoms with E-state index in [0.717, 1.165) is 7.11 Å². The minimum absolute atomic E-state index is 0.221. The highest BCUT2D eigenvalue weighted by molar-refractivity contribution is 7.89. The maximum Gasteiger partial charge on any atom is 0.322 e. The zero-order valence-electron chi connectivity index (χ0n) is 10.4. The number of piperidine rings is 1. The van der Waals surface area contributed by atoms with Gasteiger partial charge in [-0.05, 0) is 12.8 Å². The zero-order valence-corrected chi connectivity index (χ0v) is 11.2. The number of methoxy groups -OCH3 is 2. The number of nitrogens with zero attached hydrogens (tertiary/aromatic N) is 1. The minimum Gasteiger partial charge on any atom is -0.469 e. The lowest BCUT2D eigenvalue weighted by molar-refractivity contribution is -0.146. The molecule has 1 aliphatic rings. The second-order valence-corrected chi connectivity index (χ2v) is 6.00. The van der Waals surface area contributed by atoms with Crippen molar-refractivity contribution >= 4 is 22.0 Å². The molecule has 0 aromatic heterocycles. The molecular weight excluding hydrogens is 262 g/mol. The lowest BCUT2D eigenvalue weighted by Crippen LogP contribution is -2.42. The molecule has 0 saturated carbocycles. The molecule has 8 heteroatoms. The van der Waals surface area contributed by atoms with E-state index < -0.39 is 21.7 Å². The molecule has 1 saturated heterocycles. The fourth-order valence-corrected chi connectivity index (χ4v) is 3.20. The Balaban J connectivity index is 2.57. The largest absolute Gasteiger partial charge is 0.469 e. The summed E-state index contributed by atoms with van der Waals surface area (Å²) in [6, 6.07) is 0. The molecule has 0 bridgehead atoms. The van der Waals surface area contributed by atoms with Crippen LogP contribution < -0.4 is 0 Å². The van der Waals surface area contributed by atoms with Gasteiger partial charge in [-0.2, -0.15) is 0 Å². The van der Waals surface area contributed by atoms with Crippen LogP contribution in [0.2, 0.25) is 0 Å². The van der Waals surface area contributed by atoms with Gasteiger partial charge in [-0.1, -0.05) is 0 Å². The van der Waals surface area contributed by atoms with Crippen molar-refractivity contribution in [1.29, 1.82) is 0 Å². The summed E-state index contributed by atoms with van der Waals surface area (Å²) >= 11 is 0. The Labute approximate surface area is 106 Å². The molecule has 0 unspecified atom stereocenters. The van der Waals surface area contributed by atoms with Gasteiger partial charge in [-0.3, -0.25) is 9.59 Å². The fraction of sp³-hybridized carbons (Fsp3) is 0.800. The predicted octanol–water partition coefficient (Wildman–Crippen LogP) is -0.626. The van der Waals surface area contributed by atoms with Crippen LogP contribution >= 0.6 is 0 Å². The fourth-order valence-electron chi connectivity index (χ4n) is 1.84. The van der Waals surface area contributed by atoms with Crippen LogP contribution in [0.1, 0.15) is 12.8 Å². The van der Waals surface area contributed by atoms with E-state index in [4.69, 9.17) is 0 Å². The highest BCUT2D eigenvalue weighted by atomic mass is 32.2. The summed E-state index contributed by atoms with van der Waals surface area (Å²) in [7, 11) is -1.20. The van der Waals surface area contributed by atoms with Gasteiger partial charge in [0.25, 0.3) is 0 Å². The summed E-state index contributed by atoms with van der Waals surface area (Å²) in [6.45, 7) is 0.443. The number of esters is 2. The molecule has 18 heavy (non-hydrogen) atoms. The lowest BCUT2D eigenvalue weighted by Gasteiger charge is -2.29. The predicted molar refractivity (Wildman–Crippen MR) is 62.1 cm³/mol. The molecule has 1 heterocycles. The Hall–Kier alpha value is -1.15. The van der Waals surface area contributed by atoms with Crippen molar-refractivity contribution in [3.8, 4) is 0 Å². The van der Waals surface area contributed by atoms with Gasteiger partial charge in [0.2, 0.25) is 10.0 Å². The summed E-state index contributed by atoms with van der Waals surface area (Å²) in [4.78, 5) is 22.3. The molecular formula is C10H17NO6S. The third-order valence-corrected chi connectivity index (χ3v) is 4.66. The first-order chi connectivity index (χ1) is 8.40. The molecule has 0 spiro atoms. The van der Waals surface area contributed by atoms with E-state index in [1.165, 1.54) is 11.4 Å². The number of hydrogen-bond acceptors (Lipinski definition) is 6. The topological polar surface area (TPSA) is 90.0 Å². The van der Waals surface area contributed by atoms with E-state index in [9.17, 15) is 18.0 Å². The van der Waals surface area contributed by atoms with Crippen LogP contribution in [0.25, 0.3) is 0 Å². The van der Waals surface area contributed by atoms with Crippen LogP contribution in [0.5, 0.6) is 0 Å². The third kappa shape index (κ3) is 3.67. The highest BCUT2D eigenvalue weighted by Gasteiger charge is 2.32. The molecule has 7 nitrogen and oxygen atoms in total. The van der Waals surface area contributed by atoms with Gasteiger partial charge < -0.3 is 9.47 Å². The van der Waals surface area contributed by atoms with Crippen LogP contribution in [0.4, 0.5) is 0 Å². The van der Waals surface area contributed by atoms with E-state index in [-0.39, 0.29) is 25.0 Å². The molecule has 0 aromatic carbocycles. The normalized spacial score (nSPS) is 18.3. The number of carbonyl (C=O) groups is 2. The van der Waals surface area contributed by atoms with Crippen molar-refractivity contribution in [2.45, 2.75) is 12.8 Å². The van der Waals surface area contributed by atoms with Crippen LogP contribution in [0.3, 0.4) is 0 Å². The Morgan fingerprint density at radius 1 is 1.17 bits per heavy atom. The van der Waals surface area contributed by atoms with Crippen LogP contribution in [-0.4, -0.2) is 57.7 Å². The summed E-state index contributed by atoms with van der Waals surface area (Å²) in [6.07, 6.45) is 0.820. The number of rotatable bonds is 4. The quantitative estimate of drug-likeness (QED) is 0.637. The summed E-state index contributed by atoms with van der Waals surface area (Å²) in [5.74, 6) is -2.03.